The van der Waals surface area contributed by atoms with Crippen LogP contribution in [0.2, 0.25) is 0 Å². The van der Waals surface area contributed by atoms with Crippen molar-refractivity contribution in [3.05, 3.63) is 29.8 Å². The molecular weight excluding hydrogens is 166 g/mol. The van der Waals surface area contributed by atoms with Gasteiger partial charge in [-0.3, -0.25) is 4.79 Å². The third-order valence-corrected chi connectivity index (χ3v) is 2.62. The van der Waals surface area contributed by atoms with Gasteiger partial charge in [-0.15, -0.1) is 0 Å². The summed E-state index contributed by atoms with van der Waals surface area (Å²) in [6.07, 6.45) is 1.48. The van der Waals surface area contributed by atoms with Crippen molar-refractivity contribution in [1.82, 2.24) is 0 Å². The molecule has 1 fully saturated rings. The van der Waals surface area contributed by atoms with Gasteiger partial charge >= 0.3 is 5.97 Å². The Morgan fingerprint density at radius 3 is 2.23 bits per heavy atom. The summed E-state index contributed by atoms with van der Waals surface area (Å²) >= 11 is 0. The first-order chi connectivity index (χ1) is 6.15. The van der Waals surface area contributed by atoms with Crippen molar-refractivity contribution in [3.8, 4) is 0 Å². The van der Waals surface area contributed by atoms with Crippen molar-refractivity contribution in [1.29, 1.82) is 0 Å². The highest BCUT2D eigenvalue weighted by Crippen LogP contribution is 2.48. The summed E-state index contributed by atoms with van der Waals surface area (Å²) in [6, 6.07) is 7.10. The Morgan fingerprint density at radius 1 is 1.31 bits per heavy atom. The lowest BCUT2D eigenvalue weighted by molar-refractivity contribution is -0.140. The zero-order valence-electron chi connectivity index (χ0n) is 7.16. The van der Waals surface area contributed by atoms with Gasteiger partial charge in [0.2, 0.25) is 0 Å². The van der Waals surface area contributed by atoms with Crippen LogP contribution >= 0.6 is 0 Å². The Balaban J connectivity index is 2.36. The van der Waals surface area contributed by atoms with Crippen LogP contribution < -0.4 is 5.73 Å². The molecule has 0 aliphatic heterocycles. The smallest absolute Gasteiger partial charge is 0.314 e. The predicted octanol–water partition coefficient (Wildman–Crippen LogP) is 1.39. The van der Waals surface area contributed by atoms with Crippen LogP contribution in [-0.2, 0) is 10.2 Å². The molecule has 2 rings (SSSR count). The molecule has 1 aromatic carbocycles. The zero-order chi connectivity index (χ0) is 9.47. The number of aliphatic carboxylic acids is 1. The minimum Gasteiger partial charge on any atom is -0.481 e. The second-order valence-electron chi connectivity index (χ2n) is 3.51. The second kappa shape index (κ2) is 2.49. The van der Waals surface area contributed by atoms with E-state index >= 15 is 0 Å². The van der Waals surface area contributed by atoms with Gasteiger partial charge in [-0.05, 0) is 30.5 Å². The van der Waals surface area contributed by atoms with Gasteiger partial charge in [0.25, 0.3) is 0 Å². The minimum absolute atomic E-state index is 0.603. The maximum absolute atomic E-state index is 10.9. The average Bonchev–Trinajstić information content (AvgIpc) is 2.86. The molecule has 0 amide bonds. The lowest BCUT2D eigenvalue weighted by Gasteiger charge is -2.09. The molecule has 0 spiro atoms. The number of hydrogen-bond acceptors (Lipinski definition) is 2. The number of hydrogen-bond donors (Lipinski definition) is 2. The number of carboxylic acids is 1. The van der Waals surface area contributed by atoms with Gasteiger partial charge in [0.1, 0.15) is 0 Å². The van der Waals surface area contributed by atoms with Crippen molar-refractivity contribution < 1.29 is 9.90 Å². The molecular formula is C10H11NO2. The molecule has 0 saturated heterocycles. The molecule has 1 aliphatic rings. The Morgan fingerprint density at radius 2 is 1.85 bits per heavy atom. The van der Waals surface area contributed by atoms with E-state index < -0.39 is 11.4 Å². The largest absolute Gasteiger partial charge is 0.481 e. The van der Waals surface area contributed by atoms with Crippen LogP contribution in [-0.4, -0.2) is 11.1 Å². The molecule has 68 valence electrons. The SMILES string of the molecule is Nc1ccc(C2(C(=O)O)CC2)cc1. The number of nitrogens with two attached hydrogens (primary N) is 1. The molecule has 1 aliphatic carbocycles. The lowest BCUT2D eigenvalue weighted by Crippen LogP contribution is -2.19. The fourth-order valence-corrected chi connectivity index (χ4v) is 1.55. The molecule has 3 N–H and O–H groups in total. The topological polar surface area (TPSA) is 63.3 Å². The van der Waals surface area contributed by atoms with Crippen molar-refractivity contribution in [2.24, 2.45) is 0 Å². The lowest BCUT2D eigenvalue weighted by atomic mass is 9.96. The van der Waals surface area contributed by atoms with E-state index in [1.54, 1.807) is 24.3 Å². The summed E-state index contributed by atoms with van der Waals surface area (Å²) in [6.45, 7) is 0. The van der Waals surface area contributed by atoms with Gasteiger partial charge in [-0.25, -0.2) is 0 Å². The maximum Gasteiger partial charge on any atom is 0.314 e. The zero-order valence-corrected chi connectivity index (χ0v) is 7.16. The fraction of sp³-hybridized carbons (Fsp3) is 0.300. The fourth-order valence-electron chi connectivity index (χ4n) is 1.55. The Labute approximate surface area is 76.2 Å². The van der Waals surface area contributed by atoms with Gasteiger partial charge in [0.05, 0.1) is 5.41 Å². The number of carboxylic acid groups (broad SMARTS) is 1. The molecule has 0 bridgehead atoms. The summed E-state index contributed by atoms with van der Waals surface area (Å²) in [5.74, 6) is -0.725. The summed E-state index contributed by atoms with van der Waals surface area (Å²) in [5.41, 5.74) is 6.46. The predicted molar refractivity (Wildman–Crippen MR) is 49.4 cm³/mol. The van der Waals surface area contributed by atoms with Gasteiger partial charge in [-0.1, -0.05) is 12.1 Å². The number of nitrogen functional groups attached to an aromatic ring is 1. The molecule has 0 aromatic heterocycles. The molecule has 3 nitrogen and oxygen atoms in total. The second-order valence-corrected chi connectivity index (χ2v) is 3.51. The van der Waals surface area contributed by atoms with Crippen LogP contribution in [0.1, 0.15) is 18.4 Å². The Hall–Kier alpha value is -1.51. The normalized spacial score (nSPS) is 18.2. The quantitative estimate of drug-likeness (QED) is 0.671. The van der Waals surface area contributed by atoms with Crippen molar-refractivity contribution >= 4 is 11.7 Å². The van der Waals surface area contributed by atoms with E-state index in [4.69, 9.17) is 10.8 Å². The molecule has 13 heavy (non-hydrogen) atoms. The van der Waals surface area contributed by atoms with Crippen molar-refractivity contribution in [3.63, 3.8) is 0 Å². The summed E-state index contributed by atoms with van der Waals surface area (Å²) in [7, 11) is 0. The van der Waals surface area contributed by atoms with E-state index in [0.29, 0.717) is 5.69 Å². The van der Waals surface area contributed by atoms with E-state index in [-0.39, 0.29) is 0 Å². The molecule has 3 heteroatoms. The summed E-state index contributed by atoms with van der Waals surface area (Å²) < 4.78 is 0. The number of carbonyl (C=O) groups is 1. The van der Waals surface area contributed by atoms with E-state index in [0.717, 1.165) is 18.4 Å². The Bertz CT molecular complexity index is 338. The summed E-state index contributed by atoms with van der Waals surface area (Å²) in [4.78, 5) is 10.9. The monoisotopic (exact) mass is 177 g/mol. The van der Waals surface area contributed by atoms with Crippen LogP contribution in [0.15, 0.2) is 24.3 Å². The molecule has 0 heterocycles. The molecule has 1 aromatic rings. The van der Waals surface area contributed by atoms with Gasteiger partial charge in [0.15, 0.2) is 0 Å². The number of benzene rings is 1. The third kappa shape index (κ3) is 1.16. The standard InChI is InChI=1S/C10H11NO2/c11-8-3-1-7(2-4-8)10(5-6-10)9(12)13/h1-4H,5-6,11H2,(H,12,13). The highest BCUT2D eigenvalue weighted by atomic mass is 16.4. The molecule has 0 radical (unpaired) electrons. The minimum atomic E-state index is -0.725. The highest BCUT2D eigenvalue weighted by molar-refractivity contribution is 5.85. The number of rotatable bonds is 2. The van der Waals surface area contributed by atoms with Crippen LogP contribution in [0.25, 0.3) is 0 Å². The first kappa shape index (κ1) is 8.10. The average molecular weight is 177 g/mol. The van der Waals surface area contributed by atoms with Crippen molar-refractivity contribution in [2.75, 3.05) is 5.73 Å². The molecule has 0 unspecified atom stereocenters. The van der Waals surface area contributed by atoms with Crippen LogP contribution in [0.4, 0.5) is 5.69 Å². The molecule has 0 atom stereocenters. The first-order valence-corrected chi connectivity index (χ1v) is 4.24. The van der Waals surface area contributed by atoms with E-state index in [2.05, 4.69) is 0 Å². The van der Waals surface area contributed by atoms with Gasteiger partial charge in [0, 0.05) is 5.69 Å². The number of anilines is 1. The summed E-state index contributed by atoms with van der Waals surface area (Å²) in [5, 5.41) is 9.00. The third-order valence-electron chi connectivity index (χ3n) is 2.62. The Kier molecular flexibility index (Phi) is 1.55. The van der Waals surface area contributed by atoms with Crippen molar-refractivity contribution in [2.45, 2.75) is 18.3 Å². The van der Waals surface area contributed by atoms with E-state index in [1.807, 2.05) is 0 Å². The van der Waals surface area contributed by atoms with Gasteiger partial charge < -0.3 is 10.8 Å². The van der Waals surface area contributed by atoms with Crippen LogP contribution in [0, 0.1) is 0 Å². The first-order valence-electron chi connectivity index (χ1n) is 4.24. The van der Waals surface area contributed by atoms with Crippen LogP contribution in [0.5, 0.6) is 0 Å². The van der Waals surface area contributed by atoms with E-state index in [1.165, 1.54) is 0 Å². The van der Waals surface area contributed by atoms with Crippen LogP contribution in [0.3, 0.4) is 0 Å². The molecule has 1 saturated carbocycles. The van der Waals surface area contributed by atoms with Gasteiger partial charge in [-0.2, -0.15) is 0 Å². The van der Waals surface area contributed by atoms with E-state index in [9.17, 15) is 4.79 Å². The highest BCUT2D eigenvalue weighted by Gasteiger charge is 2.51. The maximum atomic E-state index is 10.9.